The number of aliphatic hydroxyl groups excluding tert-OH is 1. The Labute approximate surface area is 344 Å². The van der Waals surface area contributed by atoms with Gasteiger partial charge >= 0.3 is 18.1 Å². The molecule has 0 saturated carbocycles. The van der Waals surface area contributed by atoms with Crippen molar-refractivity contribution in [1.82, 2.24) is 51.8 Å². The molecular weight excluding hydrogens is 765 g/mol. The second kappa shape index (κ2) is 22.8. The number of imidazole rings is 2. The molecule has 19 heteroatoms. The van der Waals surface area contributed by atoms with Crippen LogP contribution in [0.15, 0.2) is 55.4 Å². The lowest BCUT2D eigenvalue weighted by Crippen LogP contribution is -2.59. The van der Waals surface area contributed by atoms with E-state index >= 15 is 0 Å². The van der Waals surface area contributed by atoms with Crippen LogP contribution in [0.2, 0.25) is 0 Å². The summed E-state index contributed by atoms with van der Waals surface area (Å²) in [5.74, 6) is -3.72. The van der Waals surface area contributed by atoms with Crippen LogP contribution in [-0.4, -0.2) is 114 Å². The van der Waals surface area contributed by atoms with E-state index in [-0.39, 0.29) is 38.1 Å². The number of nitrogens with zero attached hydrogens (tertiary/aromatic N) is 2. The van der Waals surface area contributed by atoms with Gasteiger partial charge in [0, 0.05) is 38.2 Å². The van der Waals surface area contributed by atoms with Gasteiger partial charge in [0.05, 0.1) is 36.2 Å². The Balaban J connectivity index is 1.73. The van der Waals surface area contributed by atoms with Gasteiger partial charge < -0.3 is 56.8 Å². The van der Waals surface area contributed by atoms with Gasteiger partial charge in [0.2, 0.25) is 17.7 Å². The highest BCUT2D eigenvalue weighted by molar-refractivity contribution is 5.92. The predicted molar refractivity (Wildman–Crippen MR) is 217 cm³/mol. The molecular formula is C40H60N10O9. The molecule has 10 N–H and O–H groups in total. The highest BCUT2D eigenvalue weighted by Crippen LogP contribution is 2.13. The van der Waals surface area contributed by atoms with Crippen molar-refractivity contribution >= 4 is 35.8 Å². The zero-order valence-electron chi connectivity index (χ0n) is 34.7. The maximum atomic E-state index is 14.0. The Kier molecular flexibility index (Phi) is 18.3. The number of alkyl carbamates (subject to hydrolysis) is 1. The molecule has 2 unspecified atom stereocenters. The maximum absolute atomic E-state index is 14.0. The zero-order valence-corrected chi connectivity index (χ0v) is 34.7. The summed E-state index contributed by atoms with van der Waals surface area (Å²) in [7, 11) is 0. The number of carboxylic acid groups (broad SMARTS) is 1. The highest BCUT2D eigenvalue weighted by Gasteiger charge is 2.33. The number of ether oxygens (including phenoxy) is 1. The Bertz CT molecular complexity index is 1780. The second-order valence-corrected chi connectivity index (χ2v) is 15.9. The fourth-order valence-electron chi connectivity index (χ4n) is 6.01. The van der Waals surface area contributed by atoms with E-state index in [1.54, 1.807) is 58.2 Å². The van der Waals surface area contributed by atoms with Gasteiger partial charge in [-0.1, -0.05) is 64.4 Å². The Morgan fingerprint density at radius 2 is 1.32 bits per heavy atom. The molecule has 2 aromatic heterocycles. The number of aliphatic hydroxyl groups is 1. The van der Waals surface area contributed by atoms with E-state index in [1.807, 2.05) is 26.8 Å². The highest BCUT2D eigenvalue weighted by atomic mass is 16.6. The predicted octanol–water partition coefficient (Wildman–Crippen LogP) is 1.71. The molecule has 59 heavy (non-hydrogen) atoms. The lowest BCUT2D eigenvalue weighted by atomic mass is 9.97. The van der Waals surface area contributed by atoms with Crippen LogP contribution < -0.4 is 31.9 Å². The number of H-pyrrole nitrogens is 2. The fraction of sp³-hybridized carbons (Fsp3) is 0.550. The van der Waals surface area contributed by atoms with Gasteiger partial charge in [0.25, 0.3) is 0 Å². The van der Waals surface area contributed by atoms with Crippen molar-refractivity contribution in [1.29, 1.82) is 0 Å². The first-order valence-corrected chi connectivity index (χ1v) is 19.7. The first-order valence-electron chi connectivity index (χ1n) is 19.7. The molecule has 0 spiro atoms. The maximum Gasteiger partial charge on any atom is 0.408 e. The number of benzene rings is 1. The van der Waals surface area contributed by atoms with Crippen molar-refractivity contribution in [2.45, 2.75) is 122 Å². The molecule has 2 heterocycles. The first kappa shape index (κ1) is 47.4. The third kappa shape index (κ3) is 16.8. The van der Waals surface area contributed by atoms with Gasteiger partial charge in [0.1, 0.15) is 29.8 Å². The number of urea groups is 1. The minimum absolute atomic E-state index is 0.0291. The summed E-state index contributed by atoms with van der Waals surface area (Å²) in [5, 5.41) is 36.9. The van der Waals surface area contributed by atoms with Gasteiger partial charge in [-0.15, -0.1) is 0 Å². The number of carboxylic acids is 1. The smallest absolute Gasteiger partial charge is 0.408 e. The molecule has 0 radical (unpaired) electrons. The van der Waals surface area contributed by atoms with Crippen LogP contribution in [0.5, 0.6) is 0 Å². The summed E-state index contributed by atoms with van der Waals surface area (Å²) >= 11 is 0. The van der Waals surface area contributed by atoms with Crippen LogP contribution in [0.1, 0.15) is 78.3 Å². The minimum atomic E-state index is -1.32. The van der Waals surface area contributed by atoms with Crippen LogP contribution in [0.3, 0.4) is 0 Å². The van der Waals surface area contributed by atoms with E-state index in [1.165, 1.54) is 18.9 Å². The summed E-state index contributed by atoms with van der Waals surface area (Å²) in [6.45, 7) is 12.1. The number of hydrogen-bond donors (Lipinski definition) is 10. The van der Waals surface area contributed by atoms with Gasteiger partial charge in [-0.05, 0) is 44.6 Å². The van der Waals surface area contributed by atoms with Crippen LogP contribution in [0.25, 0.3) is 0 Å². The number of aromatic nitrogens is 4. The third-order valence-corrected chi connectivity index (χ3v) is 9.25. The average molecular weight is 825 g/mol. The van der Waals surface area contributed by atoms with Crippen LogP contribution in [-0.2, 0) is 43.2 Å². The molecule has 1 aromatic carbocycles. The van der Waals surface area contributed by atoms with Gasteiger partial charge in [-0.2, -0.15) is 0 Å². The van der Waals surface area contributed by atoms with Crippen molar-refractivity contribution in [3.05, 3.63) is 72.3 Å². The lowest BCUT2D eigenvalue weighted by Gasteiger charge is -2.29. The molecule has 6 amide bonds. The number of aromatic amines is 2. The molecule has 0 aliphatic heterocycles. The minimum Gasteiger partial charge on any atom is -0.480 e. The SMILES string of the molecule is CCC(C)[C@H](NC(=O)NCC(O)[C@H](CC(C)C)NC(=O)[C@H](Cc1c[nH]cn1)NC(=O)[C@H](Cc1ccccc1)NC(=O)OC(C)(C)C)C(=O)N[C@@H](Cc1c[nH]cn1)C(=O)O. The molecule has 0 saturated heterocycles. The summed E-state index contributed by atoms with van der Waals surface area (Å²) in [4.78, 5) is 92.9. The summed E-state index contributed by atoms with van der Waals surface area (Å²) in [6, 6.07) is 2.55. The van der Waals surface area contributed by atoms with Crippen molar-refractivity contribution in [3.63, 3.8) is 0 Å². The number of amides is 6. The summed E-state index contributed by atoms with van der Waals surface area (Å²) < 4.78 is 5.41. The summed E-state index contributed by atoms with van der Waals surface area (Å²) in [6.07, 6.45) is 4.49. The van der Waals surface area contributed by atoms with E-state index in [4.69, 9.17) is 4.74 Å². The molecule has 0 bridgehead atoms. The van der Waals surface area contributed by atoms with Crippen molar-refractivity contribution in [2.75, 3.05) is 6.54 Å². The Morgan fingerprint density at radius 1 is 0.763 bits per heavy atom. The number of aliphatic carboxylic acids is 1. The lowest BCUT2D eigenvalue weighted by molar-refractivity contribution is -0.142. The van der Waals surface area contributed by atoms with E-state index in [0.29, 0.717) is 17.8 Å². The molecule has 19 nitrogen and oxygen atoms in total. The van der Waals surface area contributed by atoms with E-state index in [0.717, 1.165) is 5.56 Å². The van der Waals surface area contributed by atoms with Gasteiger partial charge in [-0.3, -0.25) is 14.4 Å². The van der Waals surface area contributed by atoms with Crippen LogP contribution in [0.4, 0.5) is 9.59 Å². The van der Waals surface area contributed by atoms with Crippen molar-refractivity contribution < 1.29 is 43.7 Å². The Morgan fingerprint density at radius 3 is 1.85 bits per heavy atom. The van der Waals surface area contributed by atoms with Crippen molar-refractivity contribution in [3.8, 4) is 0 Å². The molecule has 324 valence electrons. The fourth-order valence-corrected chi connectivity index (χ4v) is 6.01. The normalized spacial score (nSPS) is 15.0. The number of rotatable bonds is 22. The largest absolute Gasteiger partial charge is 0.480 e. The number of hydrogen-bond acceptors (Lipinski definition) is 10. The molecule has 3 aromatic rings. The molecule has 7 atom stereocenters. The Hall–Kier alpha value is -5.98. The number of nitrogens with one attached hydrogen (secondary N) is 8. The molecule has 3 rings (SSSR count). The zero-order chi connectivity index (χ0) is 43.7. The van der Waals surface area contributed by atoms with Gasteiger partial charge in [0.15, 0.2) is 0 Å². The second-order valence-electron chi connectivity index (χ2n) is 15.9. The van der Waals surface area contributed by atoms with Gasteiger partial charge in [-0.25, -0.2) is 24.4 Å². The van der Waals surface area contributed by atoms with Crippen molar-refractivity contribution in [2.24, 2.45) is 11.8 Å². The number of carbonyl (C=O) groups is 6. The average Bonchev–Trinajstić information content (AvgIpc) is 3.89. The van der Waals surface area contributed by atoms with E-state index in [9.17, 15) is 39.0 Å². The molecule has 0 aliphatic rings. The van der Waals surface area contributed by atoms with E-state index in [2.05, 4.69) is 51.8 Å². The van der Waals surface area contributed by atoms with Crippen LogP contribution >= 0.6 is 0 Å². The number of carbonyl (C=O) groups excluding carboxylic acids is 5. The molecule has 0 aliphatic carbocycles. The standard InChI is InChI=1S/C40H60N10O9/c1-8-24(4)33(36(54)48-31(37(55)56)17-27-19-42-22-45-27)50-38(57)43-20-32(51)28(14-23(2)3)46-35(53)30(16-26-18-41-21-44-26)47-34(52)29(15-25-12-10-9-11-13-25)49-39(58)59-40(5,6)7/h9-13,18-19,21-24,28-33,51H,8,14-17,20H2,1-7H3,(H,41,44)(H,42,45)(H,46,53)(H,47,52)(H,48,54)(H,49,58)(H,55,56)(H2,43,50,57)/t24?,28-,29-,30-,31-,32?,33-/m0/s1. The van der Waals surface area contributed by atoms with E-state index < -0.39 is 83.6 Å². The first-order chi connectivity index (χ1) is 27.8. The third-order valence-electron chi connectivity index (χ3n) is 9.25. The molecule has 0 fully saturated rings. The summed E-state index contributed by atoms with van der Waals surface area (Å²) in [5.41, 5.74) is 0.802. The van der Waals surface area contributed by atoms with Crippen LogP contribution in [0, 0.1) is 11.8 Å². The monoisotopic (exact) mass is 824 g/mol. The quantitative estimate of drug-likeness (QED) is 0.0696. The topological polar surface area (TPSA) is 282 Å².